The Labute approximate surface area is 126 Å². The third kappa shape index (κ3) is 6.91. The molecule has 0 aliphatic rings. The highest BCUT2D eigenvalue weighted by atomic mass is 16.8. The van der Waals surface area contributed by atoms with Gasteiger partial charge in [0.2, 0.25) is 0 Å². The summed E-state index contributed by atoms with van der Waals surface area (Å²) in [6, 6.07) is 0. The number of carbonyl (C=O) groups is 2. The topological polar surface area (TPSA) is 93.1 Å². The van der Waals surface area contributed by atoms with Crippen molar-refractivity contribution in [2.24, 2.45) is 10.8 Å². The normalized spacial score (nSPS) is 14.5. The van der Waals surface area contributed by atoms with Gasteiger partial charge in [-0.1, -0.05) is 6.92 Å². The largest absolute Gasteiger partial charge is 0.398 e. The van der Waals surface area contributed by atoms with Crippen molar-refractivity contribution in [1.29, 1.82) is 0 Å². The summed E-state index contributed by atoms with van der Waals surface area (Å²) in [5.41, 5.74) is -1.75. The maximum absolute atomic E-state index is 11.9. The van der Waals surface area contributed by atoms with Crippen LogP contribution >= 0.6 is 0 Å². The van der Waals surface area contributed by atoms with Gasteiger partial charge in [0.15, 0.2) is 0 Å². The zero-order chi connectivity index (χ0) is 17.1. The van der Waals surface area contributed by atoms with Crippen LogP contribution in [0, 0.1) is 10.8 Å². The minimum absolute atomic E-state index is 0.322. The first kappa shape index (κ1) is 19.9. The van der Waals surface area contributed by atoms with Gasteiger partial charge in [0, 0.05) is 0 Å². The first-order valence-corrected chi connectivity index (χ1v) is 7.08. The van der Waals surface area contributed by atoms with Gasteiger partial charge in [0.1, 0.15) is 0 Å². The number of carbonyl (C=O) groups excluding carboxylic acids is 2. The van der Waals surface area contributed by atoms with Gasteiger partial charge in [-0.2, -0.15) is 0 Å². The molecule has 6 nitrogen and oxygen atoms in total. The Kier molecular flexibility index (Phi) is 6.38. The van der Waals surface area contributed by atoms with Crippen LogP contribution in [0.1, 0.15) is 61.3 Å². The Balaban J connectivity index is 5.19. The van der Waals surface area contributed by atoms with Gasteiger partial charge in [0.05, 0.1) is 23.4 Å². The number of hydrogen-bond acceptors (Lipinski definition) is 6. The molecule has 6 heteroatoms. The molecule has 0 saturated carbocycles. The van der Waals surface area contributed by atoms with Crippen LogP contribution in [0.5, 0.6) is 0 Å². The fourth-order valence-corrected chi connectivity index (χ4v) is 1.14. The summed E-state index contributed by atoms with van der Waals surface area (Å²) in [5.74, 6) is -3.92. The molecule has 2 N–H and O–H groups in total. The van der Waals surface area contributed by atoms with E-state index < -0.39 is 41.3 Å². The standard InChI is InChI=1S/C15H28O6/c1-8-10(16)9-15(19,20-11(17)13(2,3)4)21-12(18)14(5,6)7/h10,16,19H,8-9H2,1-7H3. The number of esters is 2. The van der Waals surface area contributed by atoms with E-state index in [1.807, 2.05) is 0 Å². The fraction of sp³-hybridized carbons (Fsp3) is 0.867. The number of ether oxygens (including phenoxy) is 2. The van der Waals surface area contributed by atoms with Gasteiger partial charge in [-0.15, -0.1) is 0 Å². The summed E-state index contributed by atoms with van der Waals surface area (Å²) in [6.07, 6.45) is -1.04. The van der Waals surface area contributed by atoms with Crippen molar-refractivity contribution in [3.63, 3.8) is 0 Å². The van der Waals surface area contributed by atoms with E-state index in [1.54, 1.807) is 48.5 Å². The molecule has 0 aromatic heterocycles. The van der Waals surface area contributed by atoms with Crippen molar-refractivity contribution in [3.05, 3.63) is 0 Å². The van der Waals surface area contributed by atoms with Crippen LogP contribution in [0.25, 0.3) is 0 Å². The second-order valence-electron chi connectivity index (χ2n) is 7.26. The van der Waals surface area contributed by atoms with Crippen LogP contribution in [-0.4, -0.2) is 34.2 Å². The molecule has 0 aromatic rings. The second-order valence-corrected chi connectivity index (χ2v) is 7.26. The summed E-state index contributed by atoms with van der Waals surface area (Å²) in [6.45, 7) is 11.3. The Morgan fingerprint density at radius 1 is 0.952 bits per heavy atom. The predicted octanol–water partition coefficient (Wildman–Crippen LogP) is 1.97. The SMILES string of the molecule is CCC(O)CC(O)(OC(=O)C(C)(C)C)OC(=O)C(C)(C)C. The molecule has 0 aliphatic carbocycles. The zero-order valence-corrected chi connectivity index (χ0v) is 14.0. The average Bonchev–Trinajstić information content (AvgIpc) is 2.25. The lowest BCUT2D eigenvalue weighted by Crippen LogP contribution is -2.47. The van der Waals surface area contributed by atoms with Crippen LogP contribution in [0.2, 0.25) is 0 Å². The molecule has 124 valence electrons. The first-order chi connectivity index (χ1) is 9.21. The van der Waals surface area contributed by atoms with Crippen LogP contribution in [0.15, 0.2) is 0 Å². The van der Waals surface area contributed by atoms with E-state index in [0.717, 1.165) is 0 Å². The Morgan fingerprint density at radius 2 is 1.29 bits per heavy atom. The lowest BCUT2D eigenvalue weighted by Gasteiger charge is -2.33. The highest BCUT2D eigenvalue weighted by Crippen LogP contribution is 2.27. The molecular formula is C15H28O6. The molecule has 0 heterocycles. The second kappa shape index (κ2) is 6.75. The number of hydrogen-bond donors (Lipinski definition) is 2. The summed E-state index contributed by atoms with van der Waals surface area (Å²) < 4.78 is 9.91. The number of rotatable bonds is 5. The molecule has 1 unspecified atom stereocenters. The van der Waals surface area contributed by atoms with E-state index in [9.17, 15) is 19.8 Å². The molecule has 0 radical (unpaired) electrons. The Bertz CT molecular complexity index is 347. The van der Waals surface area contributed by atoms with Crippen molar-refractivity contribution in [2.45, 2.75) is 73.4 Å². The van der Waals surface area contributed by atoms with E-state index in [0.29, 0.717) is 6.42 Å². The maximum Gasteiger partial charge on any atom is 0.375 e. The van der Waals surface area contributed by atoms with Crippen molar-refractivity contribution in [1.82, 2.24) is 0 Å². The lowest BCUT2D eigenvalue weighted by molar-refractivity contribution is -0.339. The highest BCUT2D eigenvalue weighted by molar-refractivity contribution is 5.77. The molecule has 0 bridgehead atoms. The van der Waals surface area contributed by atoms with Gasteiger partial charge < -0.3 is 19.7 Å². The molecule has 0 saturated heterocycles. The van der Waals surface area contributed by atoms with E-state index >= 15 is 0 Å². The third-order valence-corrected chi connectivity index (χ3v) is 2.69. The van der Waals surface area contributed by atoms with E-state index in [4.69, 9.17) is 9.47 Å². The third-order valence-electron chi connectivity index (χ3n) is 2.69. The summed E-state index contributed by atoms with van der Waals surface area (Å²) >= 11 is 0. The van der Waals surface area contributed by atoms with Crippen LogP contribution in [0.3, 0.4) is 0 Å². The van der Waals surface area contributed by atoms with Crippen molar-refractivity contribution in [3.8, 4) is 0 Å². The van der Waals surface area contributed by atoms with Crippen molar-refractivity contribution in [2.75, 3.05) is 0 Å². The van der Waals surface area contributed by atoms with Gasteiger partial charge in [-0.3, -0.25) is 9.59 Å². The zero-order valence-electron chi connectivity index (χ0n) is 14.0. The smallest absolute Gasteiger partial charge is 0.375 e. The number of aliphatic hydroxyl groups excluding tert-OH is 1. The number of aliphatic hydroxyl groups is 2. The van der Waals surface area contributed by atoms with Gasteiger partial charge in [0.25, 0.3) is 0 Å². The molecular weight excluding hydrogens is 276 g/mol. The average molecular weight is 304 g/mol. The molecule has 0 spiro atoms. The van der Waals surface area contributed by atoms with E-state index in [-0.39, 0.29) is 0 Å². The minimum Gasteiger partial charge on any atom is -0.398 e. The Morgan fingerprint density at radius 3 is 1.52 bits per heavy atom. The summed E-state index contributed by atoms with van der Waals surface area (Å²) in [4.78, 5) is 23.9. The predicted molar refractivity (Wildman–Crippen MR) is 77.0 cm³/mol. The lowest BCUT2D eigenvalue weighted by atomic mass is 9.97. The molecule has 0 amide bonds. The monoisotopic (exact) mass is 304 g/mol. The summed E-state index contributed by atoms with van der Waals surface area (Å²) in [7, 11) is 0. The van der Waals surface area contributed by atoms with Gasteiger partial charge >= 0.3 is 17.9 Å². The molecule has 21 heavy (non-hydrogen) atoms. The maximum atomic E-state index is 11.9. The molecule has 1 atom stereocenters. The molecule has 0 fully saturated rings. The van der Waals surface area contributed by atoms with Gasteiger partial charge in [-0.25, -0.2) is 0 Å². The highest BCUT2D eigenvalue weighted by Gasteiger charge is 2.43. The van der Waals surface area contributed by atoms with Crippen molar-refractivity contribution >= 4 is 11.9 Å². The summed E-state index contributed by atoms with van der Waals surface area (Å²) in [5, 5.41) is 20.0. The quantitative estimate of drug-likeness (QED) is 0.596. The molecule has 0 aliphatic heterocycles. The van der Waals surface area contributed by atoms with Crippen LogP contribution < -0.4 is 0 Å². The fourth-order valence-electron chi connectivity index (χ4n) is 1.14. The molecule has 0 rings (SSSR count). The van der Waals surface area contributed by atoms with Crippen LogP contribution in [0.4, 0.5) is 0 Å². The van der Waals surface area contributed by atoms with Crippen LogP contribution in [-0.2, 0) is 19.1 Å². The van der Waals surface area contributed by atoms with E-state index in [2.05, 4.69) is 0 Å². The van der Waals surface area contributed by atoms with Crippen molar-refractivity contribution < 1.29 is 29.3 Å². The molecule has 0 aromatic carbocycles. The minimum atomic E-state index is -2.47. The van der Waals surface area contributed by atoms with Gasteiger partial charge in [-0.05, 0) is 48.0 Å². The van der Waals surface area contributed by atoms with E-state index in [1.165, 1.54) is 0 Å². The Hall–Kier alpha value is -1.14. The first-order valence-electron chi connectivity index (χ1n) is 7.08.